The first-order valence-electron chi connectivity index (χ1n) is 8.03. The van der Waals surface area contributed by atoms with Gasteiger partial charge in [0.2, 0.25) is 5.95 Å². The number of nitrogens with one attached hydrogen (secondary N) is 2. The molecule has 10 nitrogen and oxygen atoms in total. The van der Waals surface area contributed by atoms with Gasteiger partial charge < -0.3 is 5.32 Å². The molecule has 4 rings (SSSR count). The summed E-state index contributed by atoms with van der Waals surface area (Å²) in [4.78, 5) is 24.1. The Morgan fingerprint density at radius 1 is 0.964 bits per heavy atom. The first-order valence-corrected chi connectivity index (χ1v) is 9.51. The summed E-state index contributed by atoms with van der Waals surface area (Å²) in [5.41, 5.74) is 1.16. The van der Waals surface area contributed by atoms with Crippen LogP contribution in [0, 0.1) is 0 Å². The first-order chi connectivity index (χ1) is 13.5. The number of nitrogens with zero attached hydrogens (tertiary/aromatic N) is 5. The molecule has 0 bridgehead atoms. The van der Waals surface area contributed by atoms with E-state index in [4.69, 9.17) is 0 Å². The smallest absolute Gasteiger partial charge is 0.276 e. The average molecular weight is 395 g/mol. The summed E-state index contributed by atoms with van der Waals surface area (Å²) in [5.74, 6) is -0.461. The molecule has 28 heavy (non-hydrogen) atoms. The summed E-state index contributed by atoms with van der Waals surface area (Å²) in [5, 5.41) is 6.80. The van der Waals surface area contributed by atoms with E-state index in [2.05, 4.69) is 30.1 Å². The number of amides is 1. The lowest BCUT2D eigenvalue weighted by Gasteiger charge is -2.07. The zero-order valence-corrected chi connectivity index (χ0v) is 15.0. The lowest BCUT2D eigenvalue weighted by molar-refractivity contribution is 0.102. The maximum Gasteiger partial charge on any atom is 0.276 e. The highest BCUT2D eigenvalue weighted by molar-refractivity contribution is 7.92. The molecule has 0 saturated heterocycles. The SMILES string of the molecule is O=C(Nc1ccc(S(=O)(=O)Nc2ncccn2)cc1)c1cc2ncccn2n1. The number of carbonyl (C=O) groups excluding carboxylic acids is 1. The van der Waals surface area contributed by atoms with E-state index in [1.807, 2.05) is 0 Å². The quantitative estimate of drug-likeness (QED) is 0.524. The van der Waals surface area contributed by atoms with Gasteiger partial charge in [-0.1, -0.05) is 0 Å². The Morgan fingerprint density at radius 3 is 2.39 bits per heavy atom. The second-order valence-electron chi connectivity index (χ2n) is 5.61. The zero-order chi connectivity index (χ0) is 19.6. The summed E-state index contributed by atoms with van der Waals surface area (Å²) >= 11 is 0. The molecule has 0 spiro atoms. The van der Waals surface area contributed by atoms with Crippen LogP contribution in [-0.2, 0) is 10.0 Å². The third kappa shape index (κ3) is 3.64. The Bertz CT molecular complexity index is 1210. The molecule has 140 valence electrons. The molecule has 0 saturated carbocycles. The number of rotatable bonds is 5. The third-order valence-corrected chi connectivity index (χ3v) is 5.03. The van der Waals surface area contributed by atoms with Gasteiger partial charge in [0.25, 0.3) is 15.9 Å². The lowest BCUT2D eigenvalue weighted by atomic mass is 10.3. The second-order valence-corrected chi connectivity index (χ2v) is 7.29. The van der Waals surface area contributed by atoms with Crippen LogP contribution in [-0.4, -0.2) is 38.9 Å². The fraction of sp³-hybridized carbons (Fsp3) is 0. The summed E-state index contributed by atoms with van der Waals surface area (Å²) in [7, 11) is -3.84. The zero-order valence-electron chi connectivity index (χ0n) is 14.2. The molecule has 4 aromatic rings. The number of aromatic nitrogens is 5. The first kappa shape index (κ1) is 17.5. The highest BCUT2D eigenvalue weighted by atomic mass is 32.2. The van der Waals surface area contributed by atoms with Crippen LogP contribution in [0.2, 0.25) is 0 Å². The predicted molar refractivity (Wildman–Crippen MR) is 100 cm³/mol. The van der Waals surface area contributed by atoms with Gasteiger partial charge in [0.05, 0.1) is 4.90 Å². The third-order valence-electron chi connectivity index (χ3n) is 3.68. The highest BCUT2D eigenvalue weighted by Gasteiger charge is 2.16. The Kier molecular flexibility index (Phi) is 4.41. The molecule has 1 amide bonds. The van der Waals surface area contributed by atoms with E-state index < -0.39 is 15.9 Å². The van der Waals surface area contributed by atoms with Gasteiger partial charge >= 0.3 is 0 Å². The molecule has 1 aromatic carbocycles. The Hall–Kier alpha value is -3.86. The highest BCUT2D eigenvalue weighted by Crippen LogP contribution is 2.17. The van der Waals surface area contributed by atoms with Crippen molar-refractivity contribution in [2.45, 2.75) is 4.90 Å². The van der Waals surface area contributed by atoms with E-state index in [0.29, 0.717) is 11.3 Å². The number of carbonyl (C=O) groups is 1. The van der Waals surface area contributed by atoms with Gasteiger partial charge in [-0.25, -0.2) is 32.6 Å². The number of hydrogen-bond donors (Lipinski definition) is 2. The molecule has 2 N–H and O–H groups in total. The maximum absolute atomic E-state index is 12.4. The normalized spacial score (nSPS) is 11.3. The lowest BCUT2D eigenvalue weighted by Crippen LogP contribution is -2.15. The molecule has 0 fully saturated rings. The van der Waals surface area contributed by atoms with Crippen LogP contribution in [0.4, 0.5) is 11.6 Å². The van der Waals surface area contributed by atoms with Crippen molar-refractivity contribution in [3.05, 3.63) is 72.9 Å². The van der Waals surface area contributed by atoms with Crippen molar-refractivity contribution >= 4 is 33.2 Å². The van der Waals surface area contributed by atoms with E-state index in [-0.39, 0.29) is 16.5 Å². The molecular formula is C17H13N7O3S. The van der Waals surface area contributed by atoms with Gasteiger partial charge in [0.15, 0.2) is 11.3 Å². The van der Waals surface area contributed by atoms with E-state index in [1.54, 1.807) is 30.6 Å². The predicted octanol–water partition coefficient (Wildman–Crippen LogP) is 1.57. The monoisotopic (exact) mass is 395 g/mol. The van der Waals surface area contributed by atoms with Crippen molar-refractivity contribution in [1.82, 2.24) is 24.6 Å². The number of sulfonamides is 1. The molecule has 3 aromatic heterocycles. The standard InChI is InChI=1S/C17H13N7O3S/c25-16(14-11-15-18-9-2-10-24(15)22-14)21-12-3-5-13(6-4-12)28(26,27)23-17-19-7-1-8-20-17/h1-11H,(H,21,25)(H,19,20,23). The van der Waals surface area contributed by atoms with Crippen molar-refractivity contribution in [1.29, 1.82) is 0 Å². The Morgan fingerprint density at radius 2 is 1.68 bits per heavy atom. The van der Waals surface area contributed by atoms with Gasteiger partial charge in [0.1, 0.15) is 0 Å². The van der Waals surface area contributed by atoms with Gasteiger partial charge in [-0.2, -0.15) is 5.10 Å². The van der Waals surface area contributed by atoms with Crippen LogP contribution in [0.25, 0.3) is 5.65 Å². The summed E-state index contributed by atoms with van der Waals surface area (Å²) in [6.07, 6.45) is 6.14. The second kappa shape index (κ2) is 7.04. The maximum atomic E-state index is 12.4. The number of hydrogen-bond acceptors (Lipinski definition) is 7. The number of anilines is 2. The fourth-order valence-electron chi connectivity index (χ4n) is 2.38. The van der Waals surface area contributed by atoms with Gasteiger partial charge in [-0.05, 0) is 36.4 Å². The van der Waals surface area contributed by atoms with Crippen molar-refractivity contribution in [2.24, 2.45) is 0 Å². The van der Waals surface area contributed by atoms with E-state index >= 15 is 0 Å². The summed E-state index contributed by atoms with van der Waals surface area (Å²) < 4.78 is 28.5. The fourth-order valence-corrected chi connectivity index (χ4v) is 3.34. The molecule has 0 radical (unpaired) electrons. The van der Waals surface area contributed by atoms with Crippen molar-refractivity contribution in [3.63, 3.8) is 0 Å². The summed E-state index contributed by atoms with van der Waals surface area (Å²) in [6.45, 7) is 0. The minimum absolute atomic E-state index is 0.00915. The average Bonchev–Trinajstić information content (AvgIpc) is 3.13. The minimum atomic E-state index is -3.84. The molecule has 0 aliphatic carbocycles. The van der Waals surface area contributed by atoms with Crippen LogP contribution >= 0.6 is 0 Å². The molecule has 0 atom stereocenters. The van der Waals surface area contributed by atoms with Crippen molar-refractivity contribution in [3.8, 4) is 0 Å². The Balaban J connectivity index is 1.49. The molecular weight excluding hydrogens is 382 g/mol. The largest absolute Gasteiger partial charge is 0.321 e. The van der Waals surface area contributed by atoms with Crippen LogP contribution in [0.1, 0.15) is 10.5 Å². The minimum Gasteiger partial charge on any atom is -0.321 e. The molecule has 0 aliphatic rings. The molecule has 3 heterocycles. The van der Waals surface area contributed by atoms with Crippen molar-refractivity contribution < 1.29 is 13.2 Å². The Labute approximate surface area is 159 Å². The van der Waals surface area contributed by atoms with Crippen molar-refractivity contribution in [2.75, 3.05) is 10.0 Å². The van der Waals surface area contributed by atoms with Gasteiger partial charge in [-0.15, -0.1) is 0 Å². The van der Waals surface area contributed by atoms with Crippen LogP contribution < -0.4 is 10.0 Å². The van der Waals surface area contributed by atoms with Crippen LogP contribution in [0.3, 0.4) is 0 Å². The molecule has 0 aliphatic heterocycles. The van der Waals surface area contributed by atoms with Crippen LogP contribution in [0.15, 0.2) is 72.1 Å². The van der Waals surface area contributed by atoms with E-state index in [0.717, 1.165) is 0 Å². The van der Waals surface area contributed by atoms with E-state index in [1.165, 1.54) is 41.2 Å². The van der Waals surface area contributed by atoms with Gasteiger partial charge in [0, 0.05) is 36.5 Å². The molecule has 11 heteroatoms. The van der Waals surface area contributed by atoms with Crippen LogP contribution in [0.5, 0.6) is 0 Å². The van der Waals surface area contributed by atoms with Gasteiger partial charge in [-0.3, -0.25) is 4.79 Å². The summed E-state index contributed by atoms with van der Waals surface area (Å²) in [6, 6.07) is 10.5. The topological polar surface area (TPSA) is 131 Å². The van der Waals surface area contributed by atoms with E-state index in [9.17, 15) is 13.2 Å². The number of benzene rings is 1. The molecule has 0 unspecified atom stereocenters. The number of fused-ring (bicyclic) bond motifs is 1.